The fraction of sp³-hybridized carbons (Fsp3) is 0.316. The van der Waals surface area contributed by atoms with Crippen LogP contribution in [-0.2, 0) is 11.3 Å². The number of piperidine rings is 1. The summed E-state index contributed by atoms with van der Waals surface area (Å²) in [5.41, 5.74) is 0.875. The highest BCUT2D eigenvalue weighted by Crippen LogP contribution is 2.21. The predicted molar refractivity (Wildman–Crippen MR) is 101 cm³/mol. The predicted octanol–water partition coefficient (Wildman–Crippen LogP) is 1.80. The van der Waals surface area contributed by atoms with Gasteiger partial charge in [-0.05, 0) is 37.5 Å². The lowest BCUT2D eigenvalue weighted by Crippen LogP contribution is -2.48. The van der Waals surface area contributed by atoms with Crippen molar-refractivity contribution in [3.05, 3.63) is 54.4 Å². The van der Waals surface area contributed by atoms with Crippen LogP contribution in [0.5, 0.6) is 0 Å². The van der Waals surface area contributed by atoms with Crippen molar-refractivity contribution in [2.45, 2.75) is 31.8 Å². The molecule has 2 aromatic rings. The van der Waals surface area contributed by atoms with Gasteiger partial charge >= 0.3 is 5.97 Å². The molecule has 2 heterocycles. The van der Waals surface area contributed by atoms with E-state index >= 15 is 0 Å². The molecule has 1 aromatic heterocycles. The Bertz CT molecular complexity index is 907. The lowest BCUT2D eigenvalue weighted by Gasteiger charge is -2.33. The first kappa shape index (κ1) is 19.3. The molecule has 1 aromatic carbocycles. The van der Waals surface area contributed by atoms with Crippen LogP contribution in [0.3, 0.4) is 0 Å². The van der Waals surface area contributed by atoms with Crippen LogP contribution in [0.4, 0.5) is 5.69 Å². The topological polar surface area (TPSA) is 117 Å². The molecule has 2 N–H and O–H groups in total. The van der Waals surface area contributed by atoms with Gasteiger partial charge in [0.25, 0.3) is 11.8 Å². The molecule has 28 heavy (non-hydrogen) atoms. The Labute approximate surface area is 161 Å². The van der Waals surface area contributed by atoms with Gasteiger partial charge in [0, 0.05) is 17.8 Å². The fourth-order valence-electron chi connectivity index (χ4n) is 3.15. The average Bonchev–Trinajstić information content (AvgIpc) is 3.17. The monoisotopic (exact) mass is 383 g/mol. The number of benzene rings is 1. The molecule has 2 amide bonds. The van der Waals surface area contributed by atoms with Gasteiger partial charge in [0.2, 0.25) is 0 Å². The van der Waals surface area contributed by atoms with Crippen LogP contribution in [0.25, 0.3) is 0 Å². The quantitative estimate of drug-likeness (QED) is 0.735. The molecule has 0 saturated carbocycles. The van der Waals surface area contributed by atoms with E-state index in [4.69, 9.17) is 0 Å². The molecule has 0 spiro atoms. The maximum atomic E-state index is 12.8. The van der Waals surface area contributed by atoms with Gasteiger partial charge in [-0.25, -0.2) is 9.48 Å². The molecule has 9 nitrogen and oxygen atoms in total. The molecule has 1 unspecified atom stereocenters. The number of allylic oxidation sites excluding steroid dienone is 1. The van der Waals surface area contributed by atoms with Gasteiger partial charge in [-0.1, -0.05) is 17.4 Å². The summed E-state index contributed by atoms with van der Waals surface area (Å²) in [5, 5.41) is 19.7. The lowest BCUT2D eigenvalue weighted by molar-refractivity contribution is -0.143. The molecule has 9 heteroatoms. The van der Waals surface area contributed by atoms with Crippen LogP contribution in [0.1, 0.15) is 40.1 Å². The summed E-state index contributed by atoms with van der Waals surface area (Å²) in [7, 11) is 0. The molecule has 1 fully saturated rings. The van der Waals surface area contributed by atoms with Gasteiger partial charge < -0.3 is 15.3 Å². The molecular weight excluding hydrogens is 362 g/mol. The van der Waals surface area contributed by atoms with Gasteiger partial charge in [0.05, 0.1) is 12.7 Å². The smallest absolute Gasteiger partial charge is 0.326 e. The van der Waals surface area contributed by atoms with Gasteiger partial charge in [-0.2, -0.15) is 0 Å². The molecule has 146 valence electrons. The largest absolute Gasteiger partial charge is 0.480 e. The van der Waals surface area contributed by atoms with Crippen molar-refractivity contribution in [3.63, 3.8) is 0 Å². The molecule has 0 bridgehead atoms. The van der Waals surface area contributed by atoms with E-state index < -0.39 is 17.9 Å². The Kier molecular flexibility index (Phi) is 5.83. The van der Waals surface area contributed by atoms with E-state index in [0.717, 1.165) is 12.8 Å². The normalized spacial score (nSPS) is 16.4. The van der Waals surface area contributed by atoms with Crippen LogP contribution < -0.4 is 5.32 Å². The third-order valence-corrected chi connectivity index (χ3v) is 4.50. The Morgan fingerprint density at radius 2 is 2.14 bits per heavy atom. The summed E-state index contributed by atoms with van der Waals surface area (Å²) in [4.78, 5) is 38.0. The van der Waals surface area contributed by atoms with E-state index in [2.05, 4.69) is 22.2 Å². The summed E-state index contributed by atoms with van der Waals surface area (Å²) in [6.45, 7) is 4.43. The minimum Gasteiger partial charge on any atom is -0.480 e. The molecule has 1 aliphatic rings. The van der Waals surface area contributed by atoms with Crippen LogP contribution in [0, 0.1) is 0 Å². The van der Waals surface area contributed by atoms with Crippen molar-refractivity contribution in [1.29, 1.82) is 0 Å². The molecule has 1 atom stereocenters. The van der Waals surface area contributed by atoms with Crippen molar-refractivity contribution >= 4 is 23.5 Å². The summed E-state index contributed by atoms with van der Waals surface area (Å²) in [6.07, 6.45) is 5.13. The second kappa shape index (κ2) is 8.47. The van der Waals surface area contributed by atoms with E-state index in [1.54, 1.807) is 24.3 Å². The molecule has 0 radical (unpaired) electrons. The Morgan fingerprint density at radius 3 is 2.89 bits per heavy atom. The second-order valence-electron chi connectivity index (χ2n) is 6.50. The van der Waals surface area contributed by atoms with Gasteiger partial charge in [-0.3, -0.25) is 9.59 Å². The zero-order valence-electron chi connectivity index (χ0n) is 15.2. The Balaban J connectivity index is 1.74. The Hall–Kier alpha value is -3.49. The van der Waals surface area contributed by atoms with Crippen LogP contribution in [0.15, 0.2) is 43.1 Å². The van der Waals surface area contributed by atoms with Crippen LogP contribution >= 0.6 is 0 Å². The third kappa shape index (κ3) is 4.25. The minimum absolute atomic E-state index is 0.139. The first-order valence-electron chi connectivity index (χ1n) is 8.96. The van der Waals surface area contributed by atoms with E-state index in [1.165, 1.54) is 21.8 Å². The molecule has 1 aliphatic heterocycles. The van der Waals surface area contributed by atoms with Crippen LogP contribution in [-0.4, -0.2) is 55.4 Å². The molecule has 0 aliphatic carbocycles. The summed E-state index contributed by atoms with van der Waals surface area (Å²) < 4.78 is 1.48. The average molecular weight is 383 g/mol. The third-order valence-electron chi connectivity index (χ3n) is 4.50. The molecular formula is C19H21N5O4. The molecule has 1 saturated heterocycles. The van der Waals surface area contributed by atoms with E-state index in [1.807, 2.05) is 0 Å². The van der Waals surface area contributed by atoms with Crippen molar-refractivity contribution in [2.24, 2.45) is 0 Å². The van der Waals surface area contributed by atoms with E-state index in [0.29, 0.717) is 30.8 Å². The highest BCUT2D eigenvalue weighted by atomic mass is 16.4. The number of likely N-dealkylation sites (tertiary alicyclic amines) is 1. The highest BCUT2D eigenvalue weighted by molar-refractivity contribution is 6.04. The number of carbonyl (C=O) groups excluding carboxylic acids is 2. The number of hydrogen-bond acceptors (Lipinski definition) is 5. The number of anilines is 1. The zero-order valence-corrected chi connectivity index (χ0v) is 15.2. The van der Waals surface area contributed by atoms with E-state index in [9.17, 15) is 19.5 Å². The van der Waals surface area contributed by atoms with Crippen molar-refractivity contribution in [2.75, 3.05) is 11.9 Å². The van der Waals surface area contributed by atoms with E-state index in [-0.39, 0.29) is 11.6 Å². The minimum atomic E-state index is -1.000. The number of carboxylic acid groups (broad SMARTS) is 1. The van der Waals surface area contributed by atoms with Gasteiger partial charge in [-0.15, -0.1) is 11.7 Å². The zero-order chi connectivity index (χ0) is 20.1. The number of amides is 2. The summed E-state index contributed by atoms with van der Waals surface area (Å²) in [6, 6.07) is 5.60. The number of carboxylic acids is 1. The summed E-state index contributed by atoms with van der Waals surface area (Å²) >= 11 is 0. The number of carbonyl (C=O) groups is 3. The lowest BCUT2D eigenvalue weighted by atomic mass is 10.0. The summed E-state index contributed by atoms with van der Waals surface area (Å²) in [5.74, 6) is -1.82. The number of rotatable bonds is 6. The SMILES string of the molecule is C=CCn1cc(C(=O)Nc2cccc(C(=O)N3CCCCC3C(=O)O)c2)nn1. The first-order chi connectivity index (χ1) is 13.5. The molecule has 3 rings (SSSR count). The van der Waals surface area contributed by atoms with Crippen molar-refractivity contribution in [1.82, 2.24) is 19.9 Å². The van der Waals surface area contributed by atoms with Crippen molar-refractivity contribution < 1.29 is 19.5 Å². The fourth-order valence-corrected chi connectivity index (χ4v) is 3.15. The number of nitrogens with zero attached hydrogens (tertiary/aromatic N) is 4. The standard InChI is InChI=1S/C19H21N5O4/c1-2-9-23-12-15(21-22-23)17(25)20-14-7-5-6-13(11-14)18(26)24-10-4-3-8-16(24)19(27)28/h2,5-7,11-12,16H,1,3-4,8-10H2,(H,20,25)(H,27,28). The number of aliphatic carboxylic acids is 1. The number of hydrogen-bond donors (Lipinski definition) is 2. The van der Waals surface area contributed by atoms with Crippen molar-refractivity contribution in [3.8, 4) is 0 Å². The number of aromatic nitrogens is 3. The maximum absolute atomic E-state index is 12.8. The first-order valence-corrected chi connectivity index (χ1v) is 8.96. The Morgan fingerprint density at radius 1 is 1.32 bits per heavy atom. The number of nitrogens with one attached hydrogen (secondary N) is 1. The van der Waals surface area contributed by atoms with Gasteiger partial charge in [0.1, 0.15) is 6.04 Å². The maximum Gasteiger partial charge on any atom is 0.326 e. The second-order valence-corrected chi connectivity index (χ2v) is 6.50. The highest BCUT2D eigenvalue weighted by Gasteiger charge is 2.32. The van der Waals surface area contributed by atoms with Gasteiger partial charge in [0.15, 0.2) is 5.69 Å². The van der Waals surface area contributed by atoms with Crippen LogP contribution in [0.2, 0.25) is 0 Å².